The van der Waals surface area contributed by atoms with E-state index in [1.807, 2.05) is 6.07 Å². The van der Waals surface area contributed by atoms with Gasteiger partial charge in [0, 0.05) is 11.6 Å². The number of carbonyl (C=O) groups is 1. The maximum atomic E-state index is 11.9. The quantitative estimate of drug-likeness (QED) is 0.846. The Bertz CT molecular complexity index is 425. The predicted molar refractivity (Wildman–Crippen MR) is 65.5 cm³/mol. The number of nitrogens with zero attached hydrogens (tertiary/aromatic N) is 1. The zero-order valence-electron chi connectivity index (χ0n) is 9.78. The topological polar surface area (TPSA) is 52.9 Å². The molecule has 0 atom stereocenters. The minimum atomic E-state index is -0.0265. The molecule has 1 aliphatic carbocycles. The molecule has 1 aromatic rings. The van der Waals surface area contributed by atoms with Gasteiger partial charge in [-0.15, -0.1) is 0 Å². The lowest BCUT2D eigenvalue weighted by molar-refractivity contribution is 0.0927. The van der Waals surface area contributed by atoms with Crippen molar-refractivity contribution in [3.63, 3.8) is 0 Å². The second kappa shape index (κ2) is 5.49. The number of rotatable bonds is 2. The molecular formula is C14H16N2O. The van der Waals surface area contributed by atoms with E-state index in [0.29, 0.717) is 17.2 Å². The highest BCUT2D eigenvalue weighted by Gasteiger charge is 2.16. The molecule has 0 spiro atoms. The average Bonchev–Trinajstić information content (AvgIpc) is 2.40. The Morgan fingerprint density at radius 1 is 1.18 bits per heavy atom. The van der Waals surface area contributed by atoms with E-state index in [-0.39, 0.29) is 5.91 Å². The predicted octanol–water partition coefficient (Wildman–Crippen LogP) is 2.62. The van der Waals surface area contributed by atoms with E-state index in [1.54, 1.807) is 24.3 Å². The monoisotopic (exact) mass is 228 g/mol. The molecule has 1 N–H and O–H groups in total. The average molecular weight is 228 g/mol. The minimum Gasteiger partial charge on any atom is -0.349 e. The van der Waals surface area contributed by atoms with Crippen molar-refractivity contribution in [1.29, 1.82) is 5.26 Å². The second-order valence-electron chi connectivity index (χ2n) is 4.50. The van der Waals surface area contributed by atoms with E-state index in [2.05, 4.69) is 5.32 Å². The fourth-order valence-corrected chi connectivity index (χ4v) is 2.21. The summed E-state index contributed by atoms with van der Waals surface area (Å²) in [6.07, 6.45) is 5.86. The Labute approximate surface area is 101 Å². The first-order chi connectivity index (χ1) is 8.29. The molecule has 0 aliphatic heterocycles. The van der Waals surface area contributed by atoms with Gasteiger partial charge in [0.15, 0.2) is 0 Å². The van der Waals surface area contributed by atoms with Crippen molar-refractivity contribution in [2.75, 3.05) is 0 Å². The van der Waals surface area contributed by atoms with Crippen LogP contribution in [0, 0.1) is 11.3 Å². The Kier molecular flexibility index (Phi) is 3.77. The minimum absolute atomic E-state index is 0.0265. The van der Waals surface area contributed by atoms with Gasteiger partial charge in [-0.1, -0.05) is 19.3 Å². The van der Waals surface area contributed by atoms with Crippen LogP contribution in [0.4, 0.5) is 0 Å². The van der Waals surface area contributed by atoms with Crippen molar-refractivity contribution in [1.82, 2.24) is 5.32 Å². The third-order valence-electron chi connectivity index (χ3n) is 3.22. The van der Waals surface area contributed by atoms with Crippen molar-refractivity contribution in [3.05, 3.63) is 35.4 Å². The Morgan fingerprint density at radius 3 is 2.41 bits per heavy atom. The van der Waals surface area contributed by atoms with E-state index in [0.717, 1.165) is 12.8 Å². The lowest BCUT2D eigenvalue weighted by atomic mass is 9.95. The van der Waals surface area contributed by atoms with Gasteiger partial charge in [0.2, 0.25) is 0 Å². The standard InChI is InChI=1S/C14H16N2O/c15-10-11-6-8-12(9-7-11)14(17)16-13-4-2-1-3-5-13/h6-9,13H,1-5H2,(H,16,17). The molecule has 1 fully saturated rings. The SMILES string of the molecule is N#Cc1ccc(C(=O)NC2CCCCC2)cc1. The van der Waals surface area contributed by atoms with Gasteiger partial charge in [-0.05, 0) is 37.1 Å². The van der Waals surface area contributed by atoms with Crippen LogP contribution in [-0.4, -0.2) is 11.9 Å². The number of nitrogens with one attached hydrogen (secondary N) is 1. The van der Waals surface area contributed by atoms with Gasteiger partial charge in [-0.25, -0.2) is 0 Å². The molecule has 0 aromatic heterocycles. The van der Waals surface area contributed by atoms with Crippen LogP contribution in [0.2, 0.25) is 0 Å². The second-order valence-corrected chi connectivity index (χ2v) is 4.50. The fraction of sp³-hybridized carbons (Fsp3) is 0.429. The molecule has 0 bridgehead atoms. The first-order valence-electron chi connectivity index (χ1n) is 6.10. The lowest BCUT2D eigenvalue weighted by Crippen LogP contribution is -2.36. The number of hydrogen-bond donors (Lipinski definition) is 1. The van der Waals surface area contributed by atoms with E-state index in [1.165, 1.54) is 19.3 Å². The van der Waals surface area contributed by atoms with Gasteiger partial charge < -0.3 is 5.32 Å². The summed E-state index contributed by atoms with van der Waals surface area (Å²) >= 11 is 0. The third-order valence-corrected chi connectivity index (χ3v) is 3.22. The van der Waals surface area contributed by atoms with Crippen LogP contribution < -0.4 is 5.32 Å². The molecule has 1 aliphatic rings. The summed E-state index contributed by atoms with van der Waals surface area (Å²) in [6, 6.07) is 9.13. The van der Waals surface area contributed by atoms with Crippen LogP contribution in [0.5, 0.6) is 0 Å². The van der Waals surface area contributed by atoms with Gasteiger partial charge in [0.05, 0.1) is 11.6 Å². The Balaban J connectivity index is 1.96. The maximum absolute atomic E-state index is 11.9. The summed E-state index contributed by atoms with van der Waals surface area (Å²) in [5.41, 5.74) is 1.22. The first kappa shape index (κ1) is 11.7. The summed E-state index contributed by atoms with van der Waals surface area (Å²) in [5.74, 6) is -0.0265. The summed E-state index contributed by atoms with van der Waals surface area (Å²) in [5, 5.41) is 11.7. The zero-order chi connectivity index (χ0) is 12.1. The molecule has 1 aromatic carbocycles. The van der Waals surface area contributed by atoms with Gasteiger partial charge in [-0.2, -0.15) is 5.26 Å². The van der Waals surface area contributed by atoms with Crippen molar-refractivity contribution < 1.29 is 4.79 Å². The van der Waals surface area contributed by atoms with Gasteiger partial charge in [0.25, 0.3) is 5.91 Å². The van der Waals surface area contributed by atoms with Gasteiger partial charge in [-0.3, -0.25) is 4.79 Å². The van der Waals surface area contributed by atoms with Crippen LogP contribution in [-0.2, 0) is 0 Å². The normalized spacial score (nSPS) is 16.2. The van der Waals surface area contributed by atoms with Crippen molar-refractivity contribution >= 4 is 5.91 Å². The molecule has 1 amide bonds. The van der Waals surface area contributed by atoms with Crippen LogP contribution in [0.15, 0.2) is 24.3 Å². The highest BCUT2D eigenvalue weighted by Crippen LogP contribution is 2.17. The summed E-state index contributed by atoms with van der Waals surface area (Å²) in [6.45, 7) is 0. The third kappa shape index (κ3) is 3.07. The van der Waals surface area contributed by atoms with Crippen LogP contribution in [0.25, 0.3) is 0 Å². The number of benzene rings is 1. The van der Waals surface area contributed by atoms with E-state index >= 15 is 0 Å². The molecule has 0 unspecified atom stereocenters. The molecular weight excluding hydrogens is 212 g/mol. The van der Waals surface area contributed by atoms with E-state index < -0.39 is 0 Å². The van der Waals surface area contributed by atoms with E-state index in [4.69, 9.17) is 5.26 Å². The molecule has 88 valence electrons. The van der Waals surface area contributed by atoms with Gasteiger partial charge >= 0.3 is 0 Å². The zero-order valence-corrected chi connectivity index (χ0v) is 9.78. The van der Waals surface area contributed by atoms with Crippen LogP contribution in [0.3, 0.4) is 0 Å². The number of nitriles is 1. The lowest BCUT2D eigenvalue weighted by Gasteiger charge is -2.22. The van der Waals surface area contributed by atoms with Crippen molar-refractivity contribution in [3.8, 4) is 6.07 Å². The van der Waals surface area contributed by atoms with Gasteiger partial charge in [0.1, 0.15) is 0 Å². The van der Waals surface area contributed by atoms with Crippen LogP contribution in [0.1, 0.15) is 48.0 Å². The smallest absolute Gasteiger partial charge is 0.251 e. The molecule has 1 saturated carbocycles. The van der Waals surface area contributed by atoms with Crippen molar-refractivity contribution in [2.45, 2.75) is 38.1 Å². The first-order valence-corrected chi connectivity index (χ1v) is 6.10. The molecule has 0 heterocycles. The molecule has 2 rings (SSSR count). The van der Waals surface area contributed by atoms with Crippen LogP contribution >= 0.6 is 0 Å². The molecule has 3 nitrogen and oxygen atoms in total. The molecule has 17 heavy (non-hydrogen) atoms. The summed E-state index contributed by atoms with van der Waals surface area (Å²) in [7, 11) is 0. The number of amides is 1. The number of hydrogen-bond acceptors (Lipinski definition) is 2. The Hall–Kier alpha value is -1.82. The number of carbonyl (C=O) groups excluding carboxylic acids is 1. The maximum Gasteiger partial charge on any atom is 0.251 e. The highest BCUT2D eigenvalue weighted by atomic mass is 16.1. The van der Waals surface area contributed by atoms with Crippen molar-refractivity contribution in [2.24, 2.45) is 0 Å². The summed E-state index contributed by atoms with van der Waals surface area (Å²) < 4.78 is 0. The Morgan fingerprint density at radius 2 is 1.82 bits per heavy atom. The largest absolute Gasteiger partial charge is 0.349 e. The van der Waals surface area contributed by atoms with E-state index in [9.17, 15) is 4.79 Å². The highest BCUT2D eigenvalue weighted by molar-refractivity contribution is 5.94. The molecule has 0 radical (unpaired) electrons. The molecule has 0 saturated heterocycles. The summed E-state index contributed by atoms with van der Waals surface area (Å²) in [4.78, 5) is 11.9. The molecule has 3 heteroatoms. The fourth-order valence-electron chi connectivity index (χ4n) is 2.21.